The lowest BCUT2D eigenvalue weighted by Crippen LogP contribution is -2.52. The van der Waals surface area contributed by atoms with Crippen molar-refractivity contribution in [3.05, 3.63) is 33.6 Å². The fraction of sp³-hybridized carbons (Fsp3) is 0.471. The van der Waals surface area contributed by atoms with E-state index in [2.05, 4.69) is 11.4 Å². The van der Waals surface area contributed by atoms with Crippen molar-refractivity contribution < 1.29 is 18.7 Å². The van der Waals surface area contributed by atoms with Crippen LogP contribution in [0.2, 0.25) is 10.0 Å². The van der Waals surface area contributed by atoms with Crippen molar-refractivity contribution in [1.82, 2.24) is 5.32 Å². The third-order valence-electron chi connectivity index (χ3n) is 4.17. The number of esters is 1. The number of carbonyl (C=O) groups excluding carboxylic acids is 2. The summed E-state index contributed by atoms with van der Waals surface area (Å²) in [6.07, 6.45) is 2.68. The van der Waals surface area contributed by atoms with Crippen molar-refractivity contribution in [1.29, 1.82) is 5.26 Å². The number of nitrogens with zero attached hydrogens (tertiary/aromatic N) is 1. The smallest absolute Gasteiger partial charge is 0.340 e. The monoisotopic (exact) mass is 386 g/mol. The van der Waals surface area contributed by atoms with Crippen LogP contribution >= 0.6 is 23.2 Å². The highest BCUT2D eigenvalue weighted by Crippen LogP contribution is 2.28. The van der Waals surface area contributed by atoms with Crippen molar-refractivity contribution in [2.24, 2.45) is 0 Å². The van der Waals surface area contributed by atoms with E-state index in [0.29, 0.717) is 12.8 Å². The number of halogens is 3. The first-order valence-electron chi connectivity index (χ1n) is 7.87. The third-order valence-corrected chi connectivity index (χ3v) is 4.77. The first kappa shape index (κ1) is 19.5. The number of hydrogen-bond donors (Lipinski definition) is 1. The van der Waals surface area contributed by atoms with Crippen molar-refractivity contribution >= 4 is 35.1 Å². The van der Waals surface area contributed by atoms with Crippen LogP contribution in [0.5, 0.6) is 0 Å². The quantitative estimate of drug-likeness (QED) is 0.625. The largest absolute Gasteiger partial charge is 0.449 e. The lowest BCUT2D eigenvalue weighted by Gasteiger charge is -2.32. The summed E-state index contributed by atoms with van der Waals surface area (Å²) in [5.41, 5.74) is -1.16. The molecule has 0 spiro atoms. The number of ether oxygens (including phenoxy) is 1. The van der Waals surface area contributed by atoms with Gasteiger partial charge < -0.3 is 10.1 Å². The van der Waals surface area contributed by atoms with Crippen LogP contribution < -0.4 is 5.32 Å². The lowest BCUT2D eigenvalue weighted by atomic mass is 9.83. The molecule has 1 N–H and O–H groups in total. The molecule has 1 saturated carbocycles. The Labute approximate surface area is 155 Å². The van der Waals surface area contributed by atoms with E-state index in [1.54, 1.807) is 0 Å². The Morgan fingerprint density at radius 2 is 1.92 bits per heavy atom. The number of hydrogen-bond acceptors (Lipinski definition) is 4. The van der Waals surface area contributed by atoms with Gasteiger partial charge in [-0.3, -0.25) is 4.79 Å². The molecule has 1 fully saturated rings. The Bertz CT molecular complexity index is 727. The molecule has 1 aromatic carbocycles. The maximum atomic E-state index is 13.5. The fourth-order valence-electron chi connectivity index (χ4n) is 2.71. The Morgan fingerprint density at radius 1 is 1.28 bits per heavy atom. The van der Waals surface area contributed by atoms with E-state index in [-0.39, 0.29) is 15.6 Å². The summed E-state index contributed by atoms with van der Waals surface area (Å²) < 4.78 is 18.6. The molecule has 0 aliphatic heterocycles. The summed E-state index contributed by atoms with van der Waals surface area (Å²) in [4.78, 5) is 24.4. The Kier molecular flexibility index (Phi) is 6.26. The number of carbonyl (C=O) groups is 2. The molecule has 1 amide bonds. The van der Waals surface area contributed by atoms with Crippen LogP contribution in [0.1, 0.15) is 49.4 Å². The maximum Gasteiger partial charge on any atom is 0.340 e. The summed E-state index contributed by atoms with van der Waals surface area (Å²) in [5, 5.41) is 11.7. The molecule has 134 valence electrons. The highest BCUT2D eigenvalue weighted by molar-refractivity contribution is 6.36. The number of benzene rings is 1. The van der Waals surface area contributed by atoms with Crippen LogP contribution in [0.25, 0.3) is 0 Å². The molecule has 0 bridgehead atoms. The molecule has 1 aliphatic rings. The van der Waals surface area contributed by atoms with Gasteiger partial charge in [-0.1, -0.05) is 42.5 Å². The zero-order valence-electron chi connectivity index (χ0n) is 13.6. The van der Waals surface area contributed by atoms with Gasteiger partial charge in [0.05, 0.1) is 21.7 Å². The molecule has 0 heterocycles. The first-order chi connectivity index (χ1) is 11.8. The van der Waals surface area contributed by atoms with Crippen molar-refractivity contribution in [2.75, 3.05) is 0 Å². The van der Waals surface area contributed by atoms with Gasteiger partial charge in [-0.15, -0.1) is 0 Å². The second kappa shape index (κ2) is 8.03. The van der Waals surface area contributed by atoms with Gasteiger partial charge in [0.2, 0.25) is 0 Å². The van der Waals surface area contributed by atoms with Gasteiger partial charge in [-0.05, 0) is 31.9 Å². The maximum absolute atomic E-state index is 13.5. The molecule has 1 atom stereocenters. The zero-order chi connectivity index (χ0) is 18.6. The van der Waals surface area contributed by atoms with E-state index in [9.17, 15) is 19.2 Å². The molecule has 2 rings (SSSR count). The molecule has 0 saturated heterocycles. The fourth-order valence-corrected chi connectivity index (χ4v) is 3.17. The predicted molar refractivity (Wildman–Crippen MR) is 90.9 cm³/mol. The number of amides is 1. The Balaban J connectivity index is 2.04. The van der Waals surface area contributed by atoms with Gasteiger partial charge in [-0.2, -0.15) is 5.26 Å². The van der Waals surface area contributed by atoms with Crippen LogP contribution in [0, 0.1) is 17.1 Å². The van der Waals surface area contributed by atoms with Crippen LogP contribution in [0.3, 0.4) is 0 Å². The highest BCUT2D eigenvalue weighted by atomic mass is 35.5. The van der Waals surface area contributed by atoms with Gasteiger partial charge in [0.25, 0.3) is 5.91 Å². The average Bonchev–Trinajstić information content (AvgIpc) is 2.58. The SMILES string of the molecule is C[C@H](OC(=O)c1cc(F)c(Cl)cc1Cl)C(=O)NC1(C#N)CCCCC1. The Morgan fingerprint density at radius 3 is 2.52 bits per heavy atom. The standard InChI is InChI=1S/C17H17Cl2FN2O3/c1-10(15(23)22-17(9-21)5-3-2-4-6-17)25-16(24)11-7-14(20)13(19)8-12(11)18/h7-8,10H,2-6H2,1H3,(H,22,23)/t10-/m0/s1. The van der Waals surface area contributed by atoms with Gasteiger partial charge >= 0.3 is 5.97 Å². The van der Waals surface area contributed by atoms with Gasteiger partial charge in [0.1, 0.15) is 11.4 Å². The van der Waals surface area contributed by atoms with E-state index in [1.807, 2.05) is 0 Å². The zero-order valence-corrected chi connectivity index (χ0v) is 15.1. The number of rotatable bonds is 4. The topological polar surface area (TPSA) is 79.2 Å². The number of nitriles is 1. The van der Waals surface area contributed by atoms with Gasteiger partial charge in [0.15, 0.2) is 6.10 Å². The third kappa shape index (κ3) is 4.62. The van der Waals surface area contributed by atoms with Crippen LogP contribution in [-0.4, -0.2) is 23.5 Å². The Hall–Kier alpha value is -1.84. The predicted octanol–water partition coefficient (Wildman–Crippen LogP) is 4.02. The van der Waals surface area contributed by atoms with Crippen LogP contribution in [-0.2, 0) is 9.53 Å². The summed E-state index contributed by atoms with van der Waals surface area (Å²) in [6, 6.07) is 4.10. The molecule has 0 aromatic heterocycles. The molecule has 1 aromatic rings. The first-order valence-corrected chi connectivity index (χ1v) is 8.62. The molecule has 1 aliphatic carbocycles. The van der Waals surface area contributed by atoms with Crippen molar-refractivity contribution in [3.8, 4) is 6.07 Å². The number of nitrogens with one attached hydrogen (secondary N) is 1. The second-order valence-corrected chi connectivity index (χ2v) is 6.85. The van der Waals surface area contributed by atoms with Gasteiger partial charge in [-0.25, -0.2) is 9.18 Å². The average molecular weight is 387 g/mol. The minimum atomic E-state index is -1.16. The summed E-state index contributed by atoms with van der Waals surface area (Å²) >= 11 is 11.4. The van der Waals surface area contributed by atoms with E-state index in [1.165, 1.54) is 6.92 Å². The molecule has 5 nitrogen and oxygen atoms in total. The minimum Gasteiger partial charge on any atom is -0.449 e. The minimum absolute atomic E-state index is 0.0789. The summed E-state index contributed by atoms with van der Waals surface area (Å²) in [5.74, 6) is -2.35. The summed E-state index contributed by atoms with van der Waals surface area (Å²) in [6.45, 7) is 1.38. The van der Waals surface area contributed by atoms with E-state index in [4.69, 9.17) is 27.9 Å². The lowest BCUT2D eigenvalue weighted by molar-refractivity contribution is -0.130. The molecular weight excluding hydrogens is 370 g/mol. The summed E-state index contributed by atoms with van der Waals surface area (Å²) in [7, 11) is 0. The highest BCUT2D eigenvalue weighted by Gasteiger charge is 2.35. The molecule has 8 heteroatoms. The normalized spacial score (nSPS) is 17.2. The molecule has 25 heavy (non-hydrogen) atoms. The van der Waals surface area contributed by atoms with Crippen molar-refractivity contribution in [2.45, 2.75) is 50.7 Å². The molecule has 0 radical (unpaired) electrons. The van der Waals surface area contributed by atoms with E-state index < -0.39 is 29.3 Å². The molecular formula is C17H17Cl2FN2O3. The van der Waals surface area contributed by atoms with E-state index in [0.717, 1.165) is 31.4 Å². The van der Waals surface area contributed by atoms with Gasteiger partial charge in [0, 0.05) is 0 Å². The van der Waals surface area contributed by atoms with E-state index >= 15 is 0 Å². The molecule has 0 unspecified atom stereocenters. The second-order valence-electron chi connectivity index (χ2n) is 6.04. The van der Waals surface area contributed by atoms with Crippen molar-refractivity contribution in [3.63, 3.8) is 0 Å². The van der Waals surface area contributed by atoms with Crippen LogP contribution in [0.4, 0.5) is 4.39 Å². The van der Waals surface area contributed by atoms with Crippen LogP contribution in [0.15, 0.2) is 12.1 Å².